The van der Waals surface area contributed by atoms with Crippen molar-refractivity contribution in [1.29, 1.82) is 0 Å². The molecule has 0 radical (unpaired) electrons. The summed E-state index contributed by atoms with van der Waals surface area (Å²) < 4.78 is 32.5. The van der Waals surface area contributed by atoms with Crippen LogP contribution in [0.4, 0.5) is 0 Å². The Hall–Kier alpha value is -1.64. The van der Waals surface area contributed by atoms with Gasteiger partial charge in [0.1, 0.15) is 4.90 Å². The van der Waals surface area contributed by atoms with E-state index in [9.17, 15) is 13.2 Å². The number of sulfonamides is 1. The van der Waals surface area contributed by atoms with E-state index in [1.54, 1.807) is 0 Å². The molecule has 9 heteroatoms. The van der Waals surface area contributed by atoms with Crippen molar-refractivity contribution in [2.75, 3.05) is 26.3 Å². The number of halogens is 2. The van der Waals surface area contributed by atoms with Gasteiger partial charge in [0.2, 0.25) is 10.0 Å². The lowest BCUT2D eigenvalue weighted by Gasteiger charge is -2.26. The fourth-order valence-corrected chi connectivity index (χ4v) is 5.28. The molecule has 2 aromatic carbocycles. The smallest absolute Gasteiger partial charge is 0.253 e. The third-order valence-corrected chi connectivity index (χ3v) is 7.46. The van der Waals surface area contributed by atoms with Gasteiger partial charge in [-0.05, 0) is 31.5 Å². The minimum atomic E-state index is -3.87. The summed E-state index contributed by atoms with van der Waals surface area (Å²) in [6, 6.07) is 10.0. The minimum Gasteiger partial charge on any atom is -0.379 e. The zero-order valence-corrected chi connectivity index (χ0v) is 18.4. The van der Waals surface area contributed by atoms with Gasteiger partial charge in [0.05, 0.1) is 34.9 Å². The number of carbonyl (C=O) groups excluding carboxylic acids is 1. The van der Waals surface area contributed by atoms with Crippen LogP contribution in [0.1, 0.15) is 34.5 Å². The number of morpholine rings is 1. The lowest BCUT2D eigenvalue weighted by molar-refractivity contribution is 0.0730. The third kappa shape index (κ3) is 4.92. The van der Waals surface area contributed by atoms with Crippen LogP contribution in [0.15, 0.2) is 41.3 Å². The highest BCUT2D eigenvalue weighted by molar-refractivity contribution is 7.89. The topological polar surface area (TPSA) is 75.7 Å². The molecule has 1 aliphatic heterocycles. The lowest BCUT2D eigenvalue weighted by atomic mass is 10.1. The molecule has 1 atom stereocenters. The summed E-state index contributed by atoms with van der Waals surface area (Å²) in [4.78, 5) is 12.7. The molecule has 1 heterocycles. The standard InChI is InChI=1S/C20H22Cl2N2O4S/c1-13-3-5-15(6-4-13)14(2)23-20(25)16-11-19(18(22)12-17(16)21)29(26,27)24-7-9-28-10-8-24/h3-6,11-12,14H,7-10H2,1-2H3,(H,23,25). The fraction of sp³-hybridized carbons (Fsp3) is 0.350. The normalized spacial score (nSPS) is 16.4. The molecule has 1 fully saturated rings. The molecule has 0 bridgehead atoms. The molecule has 1 unspecified atom stereocenters. The van der Waals surface area contributed by atoms with Crippen LogP contribution < -0.4 is 5.32 Å². The Balaban J connectivity index is 1.88. The molecule has 29 heavy (non-hydrogen) atoms. The number of amides is 1. The second-order valence-corrected chi connectivity index (χ2v) is 9.61. The summed E-state index contributed by atoms with van der Waals surface area (Å²) in [5, 5.41) is 2.92. The Labute approximate surface area is 180 Å². The first-order valence-corrected chi connectivity index (χ1v) is 11.3. The Morgan fingerprint density at radius 2 is 1.72 bits per heavy atom. The van der Waals surface area contributed by atoms with E-state index in [4.69, 9.17) is 27.9 Å². The molecule has 156 valence electrons. The van der Waals surface area contributed by atoms with Crippen LogP contribution in [0, 0.1) is 6.92 Å². The highest BCUT2D eigenvalue weighted by Crippen LogP contribution is 2.31. The van der Waals surface area contributed by atoms with Crippen molar-refractivity contribution in [2.45, 2.75) is 24.8 Å². The Morgan fingerprint density at radius 3 is 2.34 bits per heavy atom. The molecule has 1 aliphatic rings. The zero-order chi connectivity index (χ0) is 21.2. The predicted molar refractivity (Wildman–Crippen MR) is 113 cm³/mol. The van der Waals surface area contributed by atoms with Crippen molar-refractivity contribution in [2.24, 2.45) is 0 Å². The van der Waals surface area contributed by atoms with Crippen LogP contribution in [-0.2, 0) is 14.8 Å². The number of benzene rings is 2. The summed E-state index contributed by atoms with van der Waals surface area (Å²) in [5.74, 6) is -0.474. The number of nitrogens with one attached hydrogen (secondary N) is 1. The molecule has 0 aliphatic carbocycles. The van der Waals surface area contributed by atoms with Crippen LogP contribution in [0.2, 0.25) is 10.0 Å². The number of rotatable bonds is 5. The maximum atomic E-state index is 13.0. The summed E-state index contributed by atoms with van der Waals surface area (Å²) in [7, 11) is -3.87. The number of hydrogen-bond acceptors (Lipinski definition) is 4. The van der Waals surface area contributed by atoms with Crippen LogP contribution in [0.5, 0.6) is 0 Å². The molecule has 3 rings (SSSR count). The highest BCUT2D eigenvalue weighted by Gasteiger charge is 2.30. The van der Waals surface area contributed by atoms with Gasteiger partial charge >= 0.3 is 0 Å². The van der Waals surface area contributed by atoms with Gasteiger partial charge < -0.3 is 10.1 Å². The molecule has 1 saturated heterocycles. The largest absolute Gasteiger partial charge is 0.379 e. The second-order valence-electron chi connectivity index (χ2n) is 6.88. The van der Waals surface area contributed by atoms with Gasteiger partial charge in [-0.15, -0.1) is 0 Å². The Kier molecular flexibility index (Phi) is 6.86. The SMILES string of the molecule is Cc1ccc(C(C)NC(=O)c2cc(S(=O)(=O)N3CCOCC3)c(Cl)cc2Cl)cc1. The molecular formula is C20H22Cl2N2O4S. The van der Waals surface area contributed by atoms with Crippen molar-refractivity contribution >= 4 is 39.1 Å². The van der Waals surface area contributed by atoms with Crippen molar-refractivity contribution in [3.8, 4) is 0 Å². The molecule has 0 spiro atoms. The van der Waals surface area contributed by atoms with E-state index >= 15 is 0 Å². The Bertz CT molecular complexity index is 1000. The number of hydrogen-bond donors (Lipinski definition) is 1. The van der Waals surface area contributed by atoms with E-state index in [-0.39, 0.29) is 39.6 Å². The zero-order valence-electron chi connectivity index (χ0n) is 16.1. The van der Waals surface area contributed by atoms with Crippen LogP contribution >= 0.6 is 23.2 Å². The van der Waals surface area contributed by atoms with Crippen LogP contribution in [-0.4, -0.2) is 44.9 Å². The maximum absolute atomic E-state index is 13.0. The fourth-order valence-electron chi connectivity index (χ4n) is 3.04. The van der Waals surface area contributed by atoms with Crippen molar-refractivity contribution < 1.29 is 17.9 Å². The summed E-state index contributed by atoms with van der Waals surface area (Å²) in [6.45, 7) is 4.91. The molecule has 6 nitrogen and oxygen atoms in total. The number of carbonyl (C=O) groups is 1. The average Bonchev–Trinajstić information content (AvgIpc) is 2.68. The van der Waals surface area contributed by atoms with Gasteiger partial charge in [0, 0.05) is 13.1 Å². The van der Waals surface area contributed by atoms with E-state index in [0.717, 1.165) is 11.1 Å². The summed E-state index contributed by atoms with van der Waals surface area (Å²) in [5.41, 5.74) is 2.10. The third-order valence-electron chi connectivity index (χ3n) is 4.78. The van der Waals surface area contributed by atoms with Gasteiger partial charge in [-0.25, -0.2) is 8.42 Å². The molecule has 0 saturated carbocycles. The minimum absolute atomic E-state index is 0.0235. The van der Waals surface area contributed by atoms with E-state index in [1.807, 2.05) is 38.1 Å². The maximum Gasteiger partial charge on any atom is 0.253 e. The van der Waals surface area contributed by atoms with Gasteiger partial charge in [-0.2, -0.15) is 4.31 Å². The molecule has 2 aromatic rings. The van der Waals surface area contributed by atoms with E-state index in [1.165, 1.54) is 16.4 Å². The van der Waals surface area contributed by atoms with E-state index < -0.39 is 15.9 Å². The van der Waals surface area contributed by atoms with E-state index in [2.05, 4.69) is 5.32 Å². The monoisotopic (exact) mass is 456 g/mol. The molecular weight excluding hydrogens is 435 g/mol. The Morgan fingerprint density at radius 1 is 1.10 bits per heavy atom. The van der Waals surface area contributed by atoms with Crippen molar-refractivity contribution in [3.05, 3.63) is 63.1 Å². The van der Waals surface area contributed by atoms with Gasteiger partial charge in [0.15, 0.2) is 0 Å². The van der Waals surface area contributed by atoms with Crippen LogP contribution in [0.25, 0.3) is 0 Å². The second kappa shape index (κ2) is 9.02. The van der Waals surface area contributed by atoms with Crippen molar-refractivity contribution in [3.63, 3.8) is 0 Å². The van der Waals surface area contributed by atoms with Crippen LogP contribution in [0.3, 0.4) is 0 Å². The van der Waals surface area contributed by atoms with Crippen molar-refractivity contribution in [1.82, 2.24) is 9.62 Å². The molecule has 1 amide bonds. The average molecular weight is 457 g/mol. The predicted octanol–water partition coefficient (Wildman–Crippen LogP) is 3.81. The first kappa shape index (κ1) is 22.1. The summed E-state index contributed by atoms with van der Waals surface area (Å²) >= 11 is 12.4. The number of aryl methyl sites for hydroxylation is 1. The molecule has 1 N–H and O–H groups in total. The first-order chi connectivity index (χ1) is 13.7. The first-order valence-electron chi connectivity index (χ1n) is 9.14. The highest BCUT2D eigenvalue weighted by atomic mass is 35.5. The van der Waals surface area contributed by atoms with Gasteiger partial charge in [0.25, 0.3) is 5.91 Å². The number of ether oxygens (including phenoxy) is 1. The lowest BCUT2D eigenvalue weighted by Crippen LogP contribution is -2.40. The van der Waals surface area contributed by atoms with E-state index in [0.29, 0.717) is 13.2 Å². The molecule has 0 aromatic heterocycles. The van der Waals surface area contributed by atoms with Gasteiger partial charge in [-0.3, -0.25) is 4.79 Å². The van der Waals surface area contributed by atoms with Gasteiger partial charge in [-0.1, -0.05) is 53.0 Å². The number of nitrogens with zero attached hydrogens (tertiary/aromatic N) is 1. The summed E-state index contributed by atoms with van der Waals surface area (Å²) in [6.07, 6.45) is 0. The quantitative estimate of drug-likeness (QED) is 0.741.